The largest absolute Gasteiger partial charge is 0.493 e. The zero-order valence-corrected chi connectivity index (χ0v) is 10.2. The third-order valence-electron chi connectivity index (χ3n) is 2.80. The Balaban J connectivity index is 2.62. The topological polar surface area (TPSA) is 56.2 Å². The van der Waals surface area contributed by atoms with E-state index >= 15 is 0 Å². The molecule has 17 heavy (non-hydrogen) atoms. The second-order valence-electron chi connectivity index (χ2n) is 3.74. The van der Waals surface area contributed by atoms with E-state index in [4.69, 9.17) is 9.47 Å². The molecule has 0 aliphatic carbocycles. The minimum Gasteiger partial charge on any atom is -0.493 e. The Bertz CT molecular complexity index is 534. The molecule has 1 radical (unpaired) electrons. The van der Waals surface area contributed by atoms with Crippen molar-refractivity contribution in [1.82, 2.24) is 9.55 Å². The van der Waals surface area contributed by atoms with E-state index in [1.165, 1.54) is 0 Å². The maximum absolute atomic E-state index is 10.7. The van der Waals surface area contributed by atoms with Gasteiger partial charge in [0.1, 0.15) is 5.82 Å². The lowest BCUT2D eigenvalue weighted by molar-refractivity contribution is 0.194. The predicted octanol–water partition coefficient (Wildman–Crippen LogP) is 1.56. The average Bonchev–Trinajstić information content (AvgIpc) is 2.65. The molecule has 1 aromatic carbocycles. The molecule has 1 heterocycles. The van der Waals surface area contributed by atoms with Gasteiger partial charge >= 0.3 is 0 Å². The molecule has 0 bridgehead atoms. The molecule has 1 aromatic heterocycles. The summed E-state index contributed by atoms with van der Waals surface area (Å²) in [4.78, 5) is 4.41. The summed E-state index contributed by atoms with van der Waals surface area (Å²) in [6.07, 6.45) is 0.426. The number of fused-ring (bicyclic) bond motifs is 1. The lowest BCUT2D eigenvalue weighted by Crippen LogP contribution is -2.00. The van der Waals surface area contributed by atoms with E-state index in [0.717, 1.165) is 16.9 Å². The minimum atomic E-state index is -0.161. The van der Waals surface area contributed by atoms with Gasteiger partial charge < -0.3 is 14.0 Å². The Labute approximate surface area is 99.6 Å². The van der Waals surface area contributed by atoms with Gasteiger partial charge in [-0.25, -0.2) is 10.1 Å². The second-order valence-corrected chi connectivity index (χ2v) is 3.74. The van der Waals surface area contributed by atoms with E-state index < -0.39 is 0 Å². The maximum atomic E-state index is 10.7. The zero-order chi connectivity index (χ0) is 12.4. The van der Waals surface area contributed by atoms with Gasteiger partial charge in [-0.3, -0.25) is 0 Å². The van der Waals surface area contributed by atoms with Crippen LogP contribution >= 0.6 is 0 Å². The number of ether oxygens (including phenoxy) is 2. The van der Waals surface area contributed by atoms with Gasteiger partial charge in [0, 0.05) is 25.6 Å². The molecule has 5 nitrogen and oxygen atoms in total. The standard InChI is InChI=1S/C12H15N2O3/c1-14-9-7-11(17-3)10(16-2)6-8(9)13-12(14)4-5-15/h6-7H,4-5H2,1-3H3. The number of nitrogens with zero attached hydrogens (tertiary/aromatic N) is 2. The second kappa shape index (κ2) is 4.63. The third kappa shape index (κ3) is 1.93. The fourth-order valence-corrected chi connectivity index (χ4v) is 1.88. The number of aromatic nitrogens is 2. The van der Waals surface area contributed by atoms with Crippen LogP contribution in [0.5, 0.6) is 11.5 Å². The normalized spacial score (nSPS) is 10.8. The van der Waals surface area contributed by atoms with Crippen molar-refractivity contribution in [3.8, 4) is 11.5 Å². The number of methoxy groups -OCH3 is 2. The number of hydrogen-bond donors (Lipinski definition) is 0. The number of imidazole rings is 1. The molecule has 0 fully saturated rings. The summed E-state index contributed by atoms with van der Waals surface area (Å²) in [6, 6.07) is 3.69. The molecule has 0 aliphatic rings. The van der Waals surface area contributed by atoms with Gasteiger partial charge in [0.05, 0.1) is 31.9 Å². The van der Waals surface area contributed by atoms with E-state index in [2.05, 4.69) is 4.98 Å². The molecule has 0 amide bonds. The van der Waals surface area contributed by atoms with Crippen LogP contribution in [0.1, 0.15) is 5.82 Å². The molecule has 0 saturated carbocycles. The summed E-state index contributed by atoms with van der Waals surface area (Å²) in [5.41, 5.74) is 1.75. The van der Waals surface area contributed by atoms with Crippen LogP contribution in [0.3, 0.4) is 0 Å². The molecule has 0 spiro atoms. The Morgan fingerprint density at radius 3 is 2.47 bits per heavy atom. The van der Waals surface area contributed by atoms with Crippen LogP contribution in [0.25, 0.3) is 11.0 Å². The molecule has 5 heteroatoms. The molecule has 0 N–H and O–H groups in total. The Kier molecular flexibility index (Phi) is 3.19. The number of benzene rings is 1. The summed E-state index contributed by atoms with van der Waals surface area (Å²) in [5, 5.41) is 10.7. The van der Waals surface area contributed by atoms with Crippen molar-refractivity contribution in [2.45, 2.75) is 6.42 Å². The molecule has 0 aliphatic heterocycles. The number of rotatable bonds is 4. The molecule has 2 rings (SSSR count). The van der Waals surface area contributed by atoms with Crippen LogP contribution < -0.4 is 9.47 Å². The van der Waals surface area contributed by atoms with Gasteiger partial charge in [0.25, 0.3) is 0 Å². The van der Waals surface area contributed by atoms with Crippen LogP contribution in [0.4, 0.5) is 0 Å². The van der Waals surface area contributed by atoms with E-state index in [1.807, 2.05) is 23.7 Å². The van der Waals surface area contributed by atoms with E-state index in [-0.39, 0.29) is 6.61 Å². The Hall–Kier alpha value is -1.75. The van der Waals surface area contributed by atoms with E-state index in [0.29, 0.717) is 17.9 Å². The Morgan fingerprint density at radius 1 is 1.24 bits per heavy atom. The first-order valence-electron chi connectivity index (χ1n) is 5.36. The molecular weight excluding hydrogens is 220 g/mol. The highest BCUT2D eigenvalue weighted by atomic mass is 16.5. The van der Waals surface area contributed by atoms with Gasteiger partial charge in [-0.05, 0) is 0 Å². The lowest BCUT2D eigenvalue weighted by Gasteiger charge is -2.07. The van der Waals surface area contributed by atoms with Crippen molar-refractivity contribution in [1.29, 1.82) is 0 Å². The van der Waals surface area contributed by atoms with Crippen molar-refractivity contribution in [3.63, 3.8) is 0 Å². The third-order valence-corrected chi connectivity index (χ3v) is 2.80. The maximum Gasteiger partial charge on any atom is 0.163 e. The smallest absolute Gasteiger partial charge is 0.163 e. The molecule has 2 aromatic rings. The molecule has 0 saturated heterocycles. The summed E-state index contributed by atoms with van der Waals surface area (Å²) in [6.45, 7) is -0.161. The quantitative estimate of drug-likeness (QED) is 0.808. The van der Waals surface area contributed by atoms with Gasteiger partial charge in [0.15, 0.2) is 11.5 Å². The van der Waals surface area contributed by atoms with Crippen LogP contribution in [-0.2, 0) is 18.6 Å². The molecule has 91 valence electrons. The highest BCUT2D eigenvalue weighted by Gasteiger charge is 2.12. The zero-order valence-electron chi connectivity index (χ0n) is 10.2. The molecule has 0 atom stereocenters. The van der Waals surface area contributed by atoms with Crippen molar-refractivity contribution < 1.29 is 14.6 Å². The van der Waals surface area contributed by atoms with E-state index in [1.54, 1.807) is 14.2 Å². The van der Waals surface area contributed by atoms with Gasteiger partial charge in [-0.2, -0.15) is 0 Å². The summed E-state index contributed by atoms with van der Waals surface area (Å²) < 4.78 is 12.4. The molecule has 0 unspecified atom stereocenters. The van der Waals surface area contributed by atoms with E-state index in [9.17, 15) is 5.11 Å². The van der Waals surface area contributed by atoms with Crippen LogP contribution in [-0.4, -0.2) is 30.4 Å². The van der Waals surface area contributed by atoms with Crippen molar-refractivity contribution in [3.05, 3.63) is 18.0 Å². The van der Waals surface area contributed by atoms with Crippen molar-refractivity contribution in [2.75, 3.05) is 20.8 Å². The minimum absolute atomic E-state index is 0.161. The summed E-state index contributed by atoms with van der Waals surface area (Å²) in [7, 11) is 5.08. The fraction of sp³-hybridized carbons (Fsp3) is 0.417. The monoisotopic (exact) mass is 235 g/mol. The predicted molar refractivity (Wildman–Crippen MR) is 63.1 cm³/mol. The van der Waals surface area contributed by atoms with Crippen LogP contribution in [0.2, 0.25) is 0 Å². The highest BCUT2D eigenvalue weighted by Crippen LogP contribution is 2.32. The first kappa shape index (κ1) is 11.7. The van der Waals surface area contributed by atoms with Gasteiger partial charge in [-0.15, -0.1) is 0 Å². The first-order chi connectivity index (χ1) is 8.21. The number of aryl methyl sites for hydroxylation is 1. The fourth-order valence-electron chi connectivity index (χ4n) is 1.88. The van der Waals surface area contributed by atoms with Gasteiger partial charge in [-0.1, -0.05) is 0 Å². The Morgan fingerprint density at radius 2 is 1.88 bits per heavy atom. The van der Waals surface area contributed by atoms with Crippen molar-refractivity contribution in [2.24, 2.45) is 7.05 Å². The summed E-state index contributed by atoms with van der Waals surface area (Å²) in [5.74, 6) is 2.09. The first-order valence-corrected chi connectivity index (χ1v) is 5.36. The lowest BCUT2D eigenvalue weighted by atomic mass is 10.2. The van der Waals surface area contributed by atoms with Crippen LogP contribution in [0.15, 0.2) is 12.1 Å². The molecular formula is C12H15N2O3. The van der Waals surface area contributed by atoms with Crippen molar-refractivity contribution >= 4 is 11.0 Å². The highest BCUT2D eigenvalue weighted by molar-refractivity contribution is 5.80. The van der Waals surface area contributed by atoms with Crippen LogP contribution in [0, 0.1) is 0 Å². The van der Waals surface area contributed by atoms with Gasteiger partial charge in [0.2, 0.25) is 0 Å². The summed E-state index contributed by atoms with van der Waals surface area (Å²) >= 11 is 0. The SMILES string of the molecule is COc1cc2nc(CC[O])n(C)c2cc1OC. The number of hydrogen-bond acceptors (Lipinski definition) is 3. The average molecular weight is 235 g/mol.